The molecule has 2 N–H and O–H groups in total. The van der Waals surface area contributed by atoms with Crippen LogP contribution in [-0.2, 0) is 30.9 Å². The molecule has 0 radical (unpaired) electrons. The molecule has 3 rings (SSSR count). The van der Waals surface area contributed by atoms with Crippen molar-refractivity contribution in [3.63, 3.8) is 0 Å². The minimum absolute atomic E-state index is 0.133. The topological polar surface area (TPSA) is 145 Å². The molecule has 28 heavy (non-hydrogen) atoms. The first-order chi connectivity index (χ1) is 13.5. The molecule has 0 aliphatic heterocycles. The number of benzene rings is 1. The van der Waals surface area contributed by atoms with E-state index in [0.717, 1.165) is 0 Å². The normalized spacial score (nSPS) is 10.6. The van der Waals surface area contributed by atoms with Crippen LogP contribution < -0.4 is 10.1 Å². The summed E-state index contributed by atoms with van der Waals surface area (Å²) < 4.78 is 11.7. The van der Waals surface area contributed by atoms with Crippen molar-refractivity contribution in [3.8, 4) is 5.75 Å². The molecule has 3 aromatic rings. The molecule has 0 aliphatic rings. The standard InChI is InChI=1S/C17H18N6O5/c1-2-15-19-14(21-28-15)10-27-13-5-3-11(4-6-13)17(26)18-7-12-8-23(22-20-12)9-16(24)25/h3-6,8H,2,7,9-10H2,1H3,(H,18,26)(H,24,25). The molecule has 11 heteroatoms. The molecule has 1 aromatic carbocycles. The van der Waals surface area contributed by atoms with Crippen molar-refractivity contribution in [1.29, 1.82) is 0 Å². The van der Waals surface area contributed by atoms with E-state index in [1.165, 1.54) is 10.9 Å². The fourth-order valence-electron chi connectivity index (χ4n) is 2.25. The number of carboxylic acids is 1. The summed E-state index contributed by atoms with van der Waals surface area (Å²) >= 11 is 0. The maximum absolute atomic E-state index is 12.2. The number of carbonyl (C=O) groups excluding carboxylic acids is 1. The van der Waals surface area contributed by atoms with E-state index in [0.29, 0.717) is 35.1 Å². The van der Waals surface area contributed by atoms with Gasteiger partial charge in [0.05, 0.1) is 12.7 Å². The second-order valence-corrected chi connectivity index (χ2v) is 5.75. The third-order valence-corrected chi connectivity index (χ3v) is 3.61. The number of aliphatic carboxylic acids is 1. The summed E-state index contributed by atoms with van der Waals surface area (Å²) in [6.07, 6.45) is 2.12. The first-order valence-electron chi connectivity index (χ1n) is 8.47. The minimum Gasteiger partial charge on any atom is -0.485 e. The fourth-order valence-corrected chi connectivity index (χ4v) is 2.25. The average molecular weight is 386 g/mol. The summed E-state index contributed by atoms with van der Waals surface area (Å²) in [5.74, 6) is 0.247. The van der Waals surface area contributed by atoms with Gasteiger partial charge in [0.25, 0.3) is 5.91 Å². The molecule has 0 saturated carbocycles. The molecule has 0 spiro atoms. The van der Waals surface area contributed by atoms with Gasteiger partial charge in [-0.25, -0.2) is 4.68 Å². The number of aryl methyl sites for hydroxylation is 1. The van der Waals surface area contributed by atoms with E-state index in [9.17, 15) is 9.59 Å². The second-order valence-electron chi connectivity index (χ2n) is 5.75. The third-order valence-electron chi connectivity index (χ3n) is 3.61. The number of amides is 1. The van der Waals surface area contributed by atoms with E-state index in [1.807, 2.05) is 6.92 Å². The second kappa shape index (κ2) is 8.75. The zero-order valence-electron chi connectivity index (χ0n) is 15.0. The van der Waals surface area contributed by atoms with Gasteiger partial charge in [-0.2, -0.15) is 4.98 Å². The Balaban J connectivity index is 1.49. The lowest BCUT2D eigenvalue weighted by Crippen LogP contribution is -2.22. The summed E-state index contributed by atoms with van der Waals surface area (Å²) in [5.41, 5.74) is 0.902. The maximum atomic E-state index is 12.2. The van der Waals surface area contributed by atoms with E-state index < -0.39 is 5.97 Å². The van der Waals surface area contributed by atoms with Crippen LogP contribution in [0.1, 0.15) is 34.7 Å². The summed E-state index contributed by atoms with van der Waals surface area (Å²) in [4.78, 5) is 27.0. The first kappa shape index (κ1) is 19.0. The van der Waals surface area contributed by atoms with Crippen LogP contribution in [0, 0.1) is 0 Å². The van der Waals surface area contributed by atoms with Gasteiger partial charge in [-0.15, -0.1) is 5.10 Å². The fraction of sp³-hybridized carbons (Fsp3) is 0.294. The van der Waals surface area contributed by atoms with Crippen LogP contribution in [0.25, 0.3) is 0 Å². The molecule has 0 unspecified atom stereocenters. The Bertz CT molecular complexity index is 949. The lowest BCUT2D eigenvalue weighted by atomic mass is 10.2. The number of carboxylic acid groups (broad SMARTS) is 1. The summed E-state index contributed by atoms with van der Waals surface area (Å²) in [6, 6.07) is 6.58. The first-order valence-corrected chi connectivity index (χ1v) is 8.47. The molecule has 146 valence electrons. The molecule has 0 atom stereocenters. The molecule has 0 bridgehead atoms. The molecule has 0 saturated heterocycles. The number of rotatable bonds is 9. The smallest absolute Gasteiger partial charge is 0.325 e. The third kappa shape index (κ3) is 5.13. The van der Waals surface area contributed by atoms with Crippen molar-refractivity contribution >= 4 is 11.9 Å². The Morgan fingerprint density at radius 2 is 2.07 bits per heavy atom. The van der Waals surface area contributed by atoms with Crippen LogP contribution in [0.4, 0.5) is 0 Å². The highest BCUT2D eigenvalue weighted by atomic mass is 16.5. The van der Waals surface area contributed by atoms with Crippen molar-refractivity contribution in [2.75, 3.05) is 0 Å². The zero-order chi connectivity index (χ0) is 19.9. The van der Waals surface area contributed by atoms with E-state index in [4.69, 9.17) is 14.4 Å². The number of hydrogen-bond donors (Lipinski definition) is 2. The van der Waals surface area contributed by atoms with Gasteiger partial charge in [0.1, 0.15) is 18.0 Å². The van der Waals surface area contributed by atoms with E-state index >= 15 is 0 Å². The van der Waals surface area contributed by atoms with Crippen LogP contribution in [-0.4, -0.2) is 42.1 Å². The molecular formula is C17H18N6O5. The highest BCUT2D eigenvalue weighted by Crippen LogP contribution is 2.14. The van der Waals surface area contributed by atoms with Crippen LogP contribution in [0.3, 0.4) is 0 Å². The predicted octanol–water partition coefficient (Wildman–Crippen LogP) is 0.817. The van der Waals surface area contributed by atoms with E-state index in [2.05, 4.69) is 25.8 Å². The van der Waals surface area contributed by atoms with Crippen molar-refractivity contribution in [2.24, 2.45) is 0 Å². The summed E-state index contributed by atoms with van der Waals surface area (Å²) in [6.45, 7) is 1.93. The Morgan fingerprint density at radius 3 is 2.75 bits per heavy atom. The molecule has 2 aromatic heterocycles. The van der Waals surface area contributed by atoms with Crippen molar-refractivity contribution in [3.05, 3.63) is 53.4 Å². The van der Waals surface area contributed by atoms with Gasteiger partial charge in [-0.1, -0.05) is 17.3 Å². The Hall–Kier alpha value is -3.76. The highest BCUT2D eigenvalue weighted by Gasteiger charge is 2.09. The van der Waals surface area contributed by atoms with E-state index in [1.54, 1.807) is 24.3 Å². The van der Waals surface area contributed by atoms with Crippen molar-refractivity contribution in [2.45, 2.75) is 33.0 Å². The molecule has 11 nitrogen and oxygen atoms in total. The minimum atomic E-state index is -1.02. The number of carbonyl (C=O) groups is 2. The van der Waals surface area contributed by atoms with Gasteiger partial charge in [0, 0.05) is 12.0 Å². The number of ether oxygens (including phenoxy) is 1. The molecule has 2 heterocycles. The number of nitrogens with zero attached hydrogens (tertiary/aromatic N) is 5. The van der Waals surface area contributed by atoms with Crippen molar-refractivity contribution < 1.29 is 24.0 Å². The van der Waals surface area contributed by atoms with Crippen LogP contribution in [0.15, 0.2) is 35.0 Å². The molecular weight excluding hydrogens is 368 g/mol. The Labute approximate surface area is 159 Å². The molecule has 0 aliphatic carbocycles. The monoisotopic (exact) mass is 386 g/mol. The largest absolute Gasteiger partial charge is 0.485 e. The van der Waals surface area contributed by atoms with Gasteiger partial charge in [0.2, 0.25) is 11.7 Å². The quantitative estimate of drug-likeness (QED) is 0.545. The van der Waals surface area contributed by atoms with Gasteiger partial charge in [0.15, 0.2) is 6.61 Å². The predicted molar refractivity (Wildman–Crippen MR) is 93.3 cm³/mol. The average Bonchev–Trinajstić information content (AvgIpc) is 3.33. The van der Waals surface area contributed by atoms with Gasteiger partial charge < -0.3 is 19.7 Å². The van der Waals surface area contributed by atoms with Gasteiger partial charge >= 0.3 is 5.97 Å². The van der Waals surface area contributed by atoms with E-state index in [-0.39, 0.29) is 25.6 Å². The Kier molecular flexibility index (Phi) is 5.94. The Morgan fingerprint density at radius 1 is 1.29 bits per heavy atom. The number of nitrogens with one attached hydrogen (secondary N) is 1. The van der Waals surface area contributed by atoms with Gasteiger partial charge in [-0.3, -0.25) is 9.59 Å². The summed E-state index contributed by atoms with van der Waals surface area (Å²) in [7, 11) is 0. The number of aromatic nitrogens is 5. The summed E-state index contributed by atoms with van der Waals surface area (Å²) in [5, 5.41) is 22.7. The zero-order valence-corrected chi connectivity index (χ0v) is 15.0. The van der Waals surface area contributed by atoms with Crippen LogP contribution in [0.2, 0.25) is 0 Å². The highest BCUT2D eigenvalue weighted by molar-refractivity contribution is 5.94. The number of hydrogen-bond acceptors (Lipinski definition) is 8. The molecule has 0 fully saturated rings. The lowest BCUT2D eigenvalue weighted by molar-refractivity contribution is -0.137. The van der Waals surface area contributed by atoms with Gasteiger partial charge in [-0.05, 0) is 24.3 Å². The molecule has 1 amide bonds. The van der Waals surface area contributed by atoms with Crippen molar-refractivity contribution in [1.82, 2.24) is 30.5 Å². The van der Waals surface area contributed by atoms with Crippen LogP contribution in [0.5, 0.6) is 5.75 Å². The lowest BCUT2D eigenvalue weighted by Gasteiger charge is -2.06. The SMILES string of the molecule is CCc1nc(COc2ccc(C(=O)NCc3cn(CC(=O)O)nn3)cc2)no1. The maximum Gasteiger partial charge on any atom is 0.325 e. The van der Waals surface area contributed by atoms with Crippen LogP contribution >= 0.6 is 0 Å².